The van der Waals surface area contributed by atoms with Gasteiger partial charge in [-0.25, -0.2) is 13.8 Å². The van der Waals surface area contributed by atoms with E-state index in [9.17, 15) is 8.78 Å². The third-order valence-electron chi connectivity index (χ3n) is 6.00. The third kappa shape index (κ3) is 3.93. The van der Waals surface area contributed by atoms with Gasteiger partial charge in [0.1, 0.15) is 17.5 Å². The van der Waals surface area contributed by atoms with Crippen molar-refractivity contribution in [2.24, 2.45) is 5.10 Å². The van der Waals surface area contributed by atoms with E-state index in [1.165, 1.54) is 11.8 Å². The second-order valence-corrected chi connectivity index (χ2v) is 8.12. The molecule has 2 aromatic rings. The minimum atomic E-state index is -0.450. The molecule has 0 saturated carbocycles. The van der Waals surface area contributed by atoms with E-state index in [-0.39, 0.29) is 12.1 Å². The molecular weight excluding hydrogens is 396 g/mol. The maximum atomic E-state index is 14.2. The van der Waals surface area contributed by atoms with Crippen LogP contribution in [0.3, 0.4) is 0 Å². The van der Waals surface area contributed by atoms with Gasteiger partial charge in [0.15, 0.2) is 5.84 Å². The van der Waals surface area contributed by atoms with Crippen LogP contribution >= 0.6 is 0 Å². The highest BCUT2D eigenvalue weighted by Gasteiger charge is 2.30. The maximum absolute atomic E-state index is 14.2. The highest BCUT2D eigenvalue weighted by atomic mass is 19.1. The first-order valence-electron chi connectivity index (χ1n) is 10.6. The molecule has 5 rings (SSSR count). The van der Waals surface area contributed by atoms with Gasteiger partial charge in [-0.2, -0.15) is 5.10 Å². The van der Waals surface area contributed by atoms with Crippen molar-refractivity contribution >= 4 is 11.5 Å². The average molecular weight is 421 g/mol. The van der Waals surface area contributed by atoms with Crippen molar-refractivity contribution in [1.29, 1.82) is 0 Å². The van der Waals surface area contributed by atoms with Crippen LogP contribution < -0.4 is 4.90 Å². The Bertz CT molecular complexity index is 1050. The number of likely N-dealkylation sites (N-methyl/N-ethyl adjacent to an activating group) is 1. The number of hydrogen-bond acceptors (Lipinski definition) is 5. The van der Waals surface area contributed by atoms with E-state index < -0.39 is 11.6 Å². The van der Waals surface area contributed by atoms with Crippen LogP contribution in [-0.2, 0) is 6.54 Å². The molecule has 0 bridgehead atoms. The van der Waals surface area contributed by atoms with Gasteiger partial charge in [-0.1, -0.05) is 12.2 Å². The predicted octanol–water partition coefficient (Wildman–Crippen LogP) is 3.61. The summed E-state index contributed by atoms with van der Waals surface area (Å²) >= 11 is 0. The van der Waals surface area contributed by atoms with Gasteiger partial charge < -0.3 is 14.7 Å². The van der Waals surface area contributed by atoms with Crippen molar-refractivity contribution < 1.29 is 8.78 Å². The number of piperazine rings is 1. The Morgan fingerprint density at radius 1 is 0.968 bits per heavy atom. The zero-order chi connectivity index (χ0) is 21.4. The highest BCUT2D eigenvalue weighted by Crippen LogP contribution is 2.29. The zero-order valence-corrected chi connectivity index (χ0v) is 17.5. The molecule has 0 spiro atoms. The lowest BCUT2D eigenvalue weighted by Crippen LogP contribution is -2.44. The van der Waals surface area contributed by atoms with E-state index >= 15 is 0 Å². The zero-order valence-electron chi connectivity index (χ0n) is 17.5. The molecule has 160 valence electrons. The molecule has 3 aliphatic heterocycles. The molecule has 3 heterocycles. The number of amidine groups is 1. The number of benzene rings is 2. The smallest absolute Gasteiger partial charge is 0.162 e. The lowest BCUT2D eigenvalue weighted by molar-refractivity contribution is 0.312. The molecule has 1 fully saturated rings. The fraction of sp³-hybridized carbons (Fsp3) is 0.292. The highest BCUT2D eigenvalue weighted by molar-refractivity contribution is 6.01. The summed E-state index contributed by atoms with van der Waals surface area (Å²) < 4.78 is 27.9. The van der Waals surface area contributed by atoms with Crippen molar-refractivity contribution in [2.75, 3.05) is 44.7 Å². The fourth-order valence-electron chi connectivity index (χ4n) is 4.19. The molecule has 1 saturated heterocycles. The Labute approximate surface area is 181 Å². The van der Waals surface area contributed by atoms with E-state index in [0.29, 0.717) is 6.54 Å². The van der Waals surface area contributed by atoms with Gasteiger partial charge in [-0.3, -0.25) is 0 Å². The molecule has 0 atom stereocenters. The molecule has 0 amide bonds. The van der Waals surface area contributed by atoms with Gasteiger partial charge in [0.05, 0.1) is 6.54 Å². The number of rotatable bonds is 4. The van der Waals surface area contributed by atoms with Crippen molar-refractivity contribution in [3.63, 3.8) is 0 Å². The molecule has 5 nitrogen and oxygen atoms in total. The summed E-state index contributed by atoms with van der Waals surface area (Å²) in [6, 6.07) is 12.0. The van der Waals surface area contributed by atoms with Gasteiger partial charge in [0.2, 0.25) is 0 Å². The monoisotopic (exact) mass is 421 g/mol. The minimum Gasteiger partial charge on any atom is -0.369 e. The Morgan fingerprint density at radius 3 is 2.52 bits per heavy atom. The molecule has 3 aliphatic rings. The normalized spacial score (nSPS) is 18.9. The summed E-state index contributed by atoms with van der Waals surface area (Å²) in [7, 11) is 2.15. The third-order valence-corrected chi connectivity index (χ3v) is 6.00. The molecule has 7 heteroatoms. The molecule has 0 aromatic heterocycles. The van der Waals surface area contributed by atoms with Crippen LogP contribution in [0.25, 0.3) is 0 Å². The van der Waals surface area contributed by atoms with Gasteiger partial charge in [0.25, 0.3) is 0 Å². The summed E-state index contributed by atoms with van der Waals surface area (Å²) in [5, 5.41) is 6.52. The first-order valence-corrected chi connectivity index (χ1v) is 10.6. The van der Waals surface area contributed by atoms with E-state index in [2.05, 4.69) is 52.1 Å². The Balaban J connectivity index is 1.40. The van der Waals surface area contributed by atoms with E-state index in [1.807, 2.05) is 12.2 Å². The van der Waals surface area contributed by atoms with Gasteiger partial charge in [0, 0.05) is 49.5 Å². The van der Waals surface area contributed by atoms with Crippen LogP contribution in [0.4, 0.5) is 14.5 Å². The number of nitrogens with zero attached hydrogens (tertiary/aromatic N) is 5. The molecule has 2 aromatic carbocycles. The first kappa shape index (κ1) is 19.8. The van der Waals surface area contributed by atoms with Gasteiger partial charge in [-0.05, 0) is 55.6 Å². The number of hydrazone groups is 1. The first-order chi connectivity index (χ1) is 15.1. The second-order valence-electron chi connectivity index (χ2n) is 8.12. The standard InChI is InChI=1S/C24H25F2N5/c1-28-12-14-29(15-13-28)21-8-5-18(6-9-21)24-27-31(23-4-2-3-11-30(23)24)17-19-16-20(25)7-10-22(19)26/h2-10,16H,11-15,17H2,1H3. The summed E-state index contributed by atoms with van der Waals surface area (Å²) in [5.74, 6) is 0.801. The summed E-state index contributed by atoms with van der Waals surface area (Å²) in [6.07, 6.45) is 5.98. The Morgan fingerprint density at radius 2 is 1.74 bits per heavy atom. The number of anilines is 1. The van der Waals surface area contributed by atoms with E-state index in [0.717, 1.165) is 55.5 Å². The minimum absolute atomic E-state index is 0.169. The van der Waals surface area contributed by atoms with Gasteiger partial charge >= 0.3 is 0 Å². The molecule has 0 N–H and O–H groups in total. The van der Waals surface area contributed by atoms with Crippen LogP contribution in [0.1, 0.15) is 11.1 Å². The number of halogens is 2. The topological polar surface area (TPSA) is 25.3 Å². The molecule has 31 heavy (non-hydrogen) atoms. The van der Waals surface area contributed by atoms with Crippen LogP contribution in [0.5, 0.6) is 0 Å². The number of fused-ring (bicyclic) bond motifs is 1. The summed E-state index contributed by atoms with van der Waals surface area (Å²) in [6.45, 7) is 5.03. The molecule has 0 unspecified atom stereocenters. The van der Waals surface area contributed by atoms with E-state index in [4.69, 9.17) is 5.10 Å². The number of hydrogen-bond donors (Lipinski definition) is 0. The largest absolute Gasteiger partial charge is 0.369 e. The fourth-order valence-corrected chi connectivity index (χ4v) is 4.19. The maximum Gasteiger partial charge on any atom is 0.162 e. The van der Waals surface area contributed by atoms with Crippen LogP contribution in [-0.4, -0.2) is 60.4 Å². The lowest BCUT2D eigenvalue weighted by Gasteiger charge is -2.34. The second kappa shape index (κ2) is 8.15. The molecule has 0 radical (unpaired) electrons. The van der Waals surface area contributed by atoms with Crippen LogP contribution in [0.15, 0.2) is 71.6 Å². The van der Waals surface area contributed by atoms with Crippen LogP contribution in [0, 0.1) is 11.6 Å². The van der Waals surface area contributed by atoms with E-state index in [1.54, 1.807) is 5.01 Å². The van der Waals surface area contributed by atoms with Crippen molar-refractivity contribution in [1.82, 2.24) is 14.8 Å². The van der Waals surface area contributed by atoms with Crippen LogP contribution in [0.2, 0.25) is 0 Å². The van der Waals surface area contributed by atoms with Crippen molar-refractivity contribution in [3.8, 4) is 0 Å². The average Bonchev–Trinajstić information content (AvgIpc) is 3.15. The lowest BCUT2D eigenvalue weighted by atomic mass is 10.1. The van der Waals surface area contributed by atoms with Crippen molar-refractivity contribution in [2.45, 2.75) is 6.54 Å². The Kier molecular flexibility index (Phi) is 5.19. The molecule has 0 aliphatic carbocycles. The summed E-state index contributed by atoms with van der Waals surface area (Å²) in [4.78, 5) is 6.84. The SMILES string of the molecule is CN1CCN(c2ccc(C3=NN(Cc4cc(F)ccc4F)C4=CC=CCN43)cc2)CC1. The quantitative estimate of drug-likeness (QED) is 0.753. The molecular formula is C24H25F2N5. The Hall–Kier alpha value is -3.19. The van der Waals surface area contributed by atoms with Crippen molar-refractivity contribution in [3.05, 3.63) is 89.3 Å². The predicted molar refractivity (Wildman–Crippen MR) is 119 cm³/mol. The summed E-state index contributed by atoms with van der Waals surface area (Å²) in [5.41, 5.74) is 2.50. The van der Waals surface area contributed by atoms with Gasteiger partial charge in [-0.15, -0.1) is 0 Å². The number of allylic oxidation sites excluding steroid dienone is 2.